The maximum Gasteiger partial charge on any atom is 0.264 e. The van der Waals surface area contributed by atoms with Gasteiger partial charge in [-0.15, -0.1) is 0 Å². The first kappa shape index (κ1) is 22.6. The molecular formula is C25H20BrClN2O2S. The van der Waals surface area contributed by atoms with E-state index in [-0.39, 0.29) is 5.91 Å². The Balaban J connectivity index is 1.58. The molecule has 1 amide bonds. The van der Waals surface area contributed by atoms with Crippen molar-refractivity contribution in [1.29, 1.82) is 0 Å². The second-order valence-corrected chi connectivity index (χ2v) is 9.68. The van der Waals surface area contributed by atoms with Crippen LogP contribution in [0.5, 0.6) is 5.75 Å². The average molecular weight is 528 g/mol. The van der Waals surface area contributed by atoms with E-state index in [2.05, 4.69) is 45.3 Å². The van der Waals surface area contributed by atoms with E-state index < -0.39 is 0 Å². The minimum absolute atomic E-state index is 0.196. The van der Waals surface area contributed by atoms with Crippen molar-refractivity contribution in [3.05, 3.63) is 97.3 Å². The molecule has 1 N–H and O–H groups in total. The van der Waals surface area contributed by atoms with Crippen molar-refractivity contribution >= 4 is 62.1 Å². The summed E-state index contributed by atoms with van der Waals surface area (Å²) in [5.74, 6) is 0.504. The highest BCUT2D eigenvalue weighted by Crippen LogP contribution is 2.33. The highest BCUT2D eigenvalue weighted by molar-refractivity contribution is 9.10. The molecule has 0 saturated carbocycles. The molecule has 1 fully saturated rings. The number of carbonyl (C=O) groups is 1. The quantitative estimate of drug-likeness (QED) is 0.357. The molecule has 0 spiro atoms. The molecule has 32 heavy (non-hydrogen) atoms. The summed E-state index contributed by atoms with van der Waals surface area (Å²) in [4.78, 5) is 17.7. The van der Waals surface area contributed by atoms with E-state index in [0.717, 1.165) is 26.9 Å². The van der Waals surface area contributed by atoms with Gasteiger partial charge in [-0.2, -0.15) is 0 Å². The largest absolute Gasteiger partial charge is 0.488 e. The van der Waals surface area contributed by atoms with Crippen LogP contribution in [0.25, 0.3) is 6.08 Å². The van der Waals surface area contributed by atoms with Crippen molar-refractivity contribution in [2.45, 2.75) is 20.5 Å². The number of nitrogens with one attached hydrogen (secondary N) is 1. The normalized spacial score (nSPS) is 15.9. The predicted molar refractivity (Wildman–Crippen MR) is 137 cm³/mol. The number of aliphatic imine (C=N–C) groups is 1. The lowest BCUT2D eigenvalue weighted by Crippen LogP contribution is -2.19. The fourth-order valence-electron chi connectivity index (χ4n) is 3.17. The molecule has 7 heteroatoms. The summed E-state index contributed by atoms with van der Waals surface area (Å²) in [6.07, 6.45) is 1.82. The Labute approximate surface area is 204 Å². The summed E-state index contributed by atoms with van der Waals surface area (Å²) >= 11 is 11.0. The molecule has 0 radical (unpaired) electrons. The summed E-state index contributed by atoms with van der Waals surface area (Å²) in [6.45, 7) is 4.40. The summed E-state index contributed by atoms with van der Waals surface area (Å²) in [6, 6.07) is 19.5. The molecular weight excluding hydrogens is 508 g/mol. The van der Waals surface area contributed by atoms with Crippen LogP contribution in [0.1, 0.15) is 22.3 Å². The van der Waals surface area contributed by atoms with Gasteiger partial charge in [0, 0.05) is 15.1 Å². The molecule has 1 heterocycles. The first-order valence-electron chi connectivity index (χ1n) is 9.91. The number of halogens is 2. The Hall–Kier alpha value is -2.54. The van der Waals surface area contributed by atoms with E-state index >= 15 is 0 Å². The number of hydrogen-bond acceptors (Lipinski definition) is 4. The number of rotatable bonds is 5. The zero-order valence-corrected chi connectivity index (χ0v) is 20.6. The van der Waals surface area contributed by atoms with Gasteiger partial charge in [-0.1, -0.05) is 63.4 Å². The lowest BCUT2D eigenvalue weighted by atomic mass is 10.1. The first-order valence-corrected chi connectivity index (χ1v) is 11.9. The average Bonchev–Trinajstić information content (AvgIpc) is 3.09. The van der Waals surface area contributed by atoms with E-state index in [4.69, 9.17) is 16.3 Å². The number of carbonyl (C=O) groups excluding carboxylic acids is 1. The lowest BCUT2D eigenvalue weighted by molar-refractivity contribution is -0.115. The minimum atomic E-state index is -0.196. The summed E-state index contributed by atoms with van der Waals surface area (Å²) in [5.41, 5.74) is 4.68. The van der Waals surface area contributed by atoms with Gasteiger partial charge in [-0.3, -0.25) is 4.79 Å². The number of benzene rings is 3. The van der Waals surface area contributed by atoms with Crippen molar-refractivity contribution in [3.63, 3.8) is 0 Å². The molecule has 0 atom stereocenters. The van der Waals surface area contributed by atoms with Crippen molar-refractivity contribution in [1.82, 2.24) is 5.32 Å². The standard InChI is InChI=1S/C25H20BrClN2O2S/c1-15-5-3-6-17(11-15)14-31-22-10-9-19(26)12-18(22)13-23-24(30)29-25(32-23)28-21-8-4-7-20(27)16(21)2/h3-13H,14H2,1-2H3,(H,28,29,30)/b23-13+. The number of ether oxygens (including phenoxy) is 1. The zero-order valence-electron chi connectivity index (χ0n) is 17.5. The van der Waals surface area contributed by atoms with Gasteiger partial charge in [-0.05, 0) is 73.1 Å². The fraction of sp³-hybridized carbons (Fsp3) is 0.120. The number of thioether (sulfide) groups is 1. The molecule has 0 aliphatic carbocycles. The third-order valence-electron chi connectivity index (χ3n) is 4.85. The van der Waals surface area contributed by atoms with Gasteiger partial charge in [0.2, 0.25) is 0 Å². The summed E-state index contributed by atoms with van der Waals surface area (Å²) < 4.78 is 6.98. The highest BCUT2D eigenvalue weighted by Gasteiger charge is 2.24. The number of aryl methyl sites for hydroxylation is 1. The molecule has 1 saturated heterocycles. The van der Waals surface area contributed by atoms with E-state index in [9.17, 15) is 4.79 Å². The number of hydrogen-bond donors (Lipinski definition) is 1. The predicted octanol–water partition coefficient (Wildman–Crippen LogP) is 7.19. The molecule has 3 aromatic rings. The molecule has 0 bridgehead atoms. The highest BCUT2D eigenvalue weighted by atomic mass is 79.9. The van der Waals surface area contributed by atoms with Gasteiger partial charge in [0.15, 0.2) is 5.17 Å². The second kappa shape index (κ2) is 9.94. The van der Waals surface area contributed by atoms with Crippen molar-refractivity contribution < 1.29 is 9.53 Å². The molecule has 1 aliphatic rings. The Bertz CT molecular complexity index is 1260. The summed E-state index contributed by atoms with van der Waals surface area (Å²) in [5, 5.41) is 3.99. The molecule has 1 aliphatic heterocycles. The molecule has 0 aromatic heterocycles. The van der Waals surface area contributed by atoms with Crippen LogP contribution in [0, 0.1) is 13.8 Å². The van der Waals surface area contributed by atoms with Gasteiger partial charge in [0.1, 0.15) is 12.4 Å². The van der Waals surface area contributed by atoms with Crippen molar-refractivity contribution in [2.24, 2.45) is 4.99 Å². The van der Waals surface area contributed by atoms with Gasteiger partial charge in [0.05, 0.1) is 10.6 Å². The lowest BCUT2D eigenvalue weighted by Gasteiger charge is -2.11. The van der Waals surface area contributed by atoms with Crippen LogP contribution < -0.4 is 10.1 Å². The van der Waals surface area contributed by atoms with Gasteiger partial charge >= 0.3 is 0 Å². The molecule has 3 aromatic carbocycles. The van der Waals surface area contributed by atoms with E-state index in [1.807, 2.05) is 61.5 Å². The molecule has 0 unspecified atom stereocenters. The third-order valence-corrected chi connectivity index (χ3v) is 6.66. The maximum absolute atomic E-state index is 12.6. The fourth-order valence-corrected chi connectivity index (χ4v) is 4.55. The summed E-state index contributed by atoms with van der Waals surface area (Å²) in [7, 11) is 0. The number of nitrogens with zero attached hydrogens (tertiary/aromatic N) is 1. The van der Waals surface area contributed by atoms with E-state index in [0.29, 0.717) is 27.5 Å². The monoisotopic (exact) mass is 526 g/mol. The molecule has 162 valence electrons. The second-order valence-electron chi connectivity index (χ2n) is 7.33. The topological polar surface area (TPSA) is 50.7 Å². The van der Waals surface area contributed by atoms with Gasteiger partial charge in [-0.25, -0.2) is 4.99 Å². The first-order chi connectivity index (χ1) is 15.4. The number of amides is 1. The van der Waals surface area contributed by atoms with Crippen LogP contribution in [0.15, 0.2) is 75.0 Å². The van der Waals surface area contributed by atoms with Crippen LogP contribution >= 0.6 is 39.3 Å². The van der Waals surface area contributed by atoms with Crippen LogP contribution in [-0.2, 0) is 11.4 Å². The third kappa shape index (κ3) is 5.44. The SMILES string of the molecule is Cc1cccc(COc2ccc(Br)cc2/C=C2/SC(=Nc3cccc(Cl)c3C)NC2=O)c1. The Kier molecular flexibility index (Phi) is 7.04. The molecule has 4 rings (SSSR count). The van der Waals surface area contributed by atoms with Crippen LogP contribution in [0.4, 0.5) is 5.69 Å². The molecule has 4 nitrogen and oxygen atoms in total. The van der Waals surface area contributed by atoms with Crippen molar-refractivity contribution in [2.75, 3.05) is 0 Å². The smallest absolute Gasteiger partial charge is 0.264 e. The van der Waals surface area contributed by atoms with Crippen LogP contribution in [0.2, 0.25) is 5.02 Å². The van der Waals surface area contributed by atoms with Crippen LogP contribution in [-0.4, -0.2) is 11.1 Å². The van der Waals surface area contributed by atoms with Gasteiger partial charge < -0.3 is 10.1 Å². The van der Waals surface area contributed by atoms with E-state index in [1.165, 1.54) is 17.3 Å². The van der Waals surface area contributed by atoms with Crippen LogP contribution in [0.3, 0.4) is 0 Å². The zero-order chi connectivity index (χ0) is 22.7. The minimum Gasteiger partial charge on any atom is -0.488 e. The van der Waals surface area contributed by atoms with Gasteiger partial charge in [0.25, 0.3) is 5.91 Å². The Morgan fingerprint density at radius 1 is 1.12 bits per heavy atom. The number of amidine groups is 1. The Morgan fingerprint density at radius 2 is 1.94 bits per heavy atom. The maximum atomic E-state index is 12.6. The van der Waals surface area contributed by atoms with Crippen molar-refractivity contribution in [3.8, 4) is 5.75 Å². The Morgan fingerprint density at radius 3 is 2.75 bits per heavy atom. The van der Waals surface area contributed by atoms with E-state index in [1.54, 1.807) is 0 Å².